The van der Waals surface area contributed by atoms with Crippen molar-refractivity contribution in [1.82, 2.24) is 38.2 Å². The zero-order valence-corrected chi connectivity index (χ0v) is 62.9. The van der Waals surface area contributed by atoms with Crippen molar-refractivity contribution in [2.24, 2.45) is 0 Å². The number of para-hydroxylation sites is 4. The summed E-state index contributed by atoms with van der Waals surface area (Å²) in [6, 6.07) is 124. The fourth-order valence-corrected chi connectivity index (χ4v) is 19.8. The monoisotopic (exact) mass is 1480 g/mol. The van der Waals surface area contributed by atoms with Crippen LogP contribution in [0.2, 0.25) is 0 Å². The maximum Gasteiger partial charge on any atom is 0.165 e. The standard InChI is InChI=1S/C58H38N4.C50H30N4/c1-3-15-37-32-55-48(29-35(37)13-1)46-21-9-12-24-53(46)61(55)40-26-28-54-50(34-40)49-30-36-14-2-4-16-38(36)33-56(49)62(54)58-57(59-51-22-10-11-23-52(51)60-58)39-25-27-45-43-19-6-5-17-41(43)42-18-7-8-20-44(42)47(45)31-39;1-3-15-34-28-47-40(26-32(34)13-1)38-19-7-10-23-45(38)53(47)36-24-25-46-42(30-36)41-27-33-14-2-4-16-35(33)29-48(41)54(46)50-49(51-43-21-8-9-22-44(43)52-50)39-20-11-17-31-12-5-6-18-37(31)39/h1-9,11-21,23-34,42,44H,10,22H2;1-30H. The lowest BCUT2D eigenvalue weighted by atomic mass is 9.69. The number of hydrogen-bond acceptors (Lipinski definition) is 4. The van der Waals surface area contributed by atoms with E-state index in [9.17, 15) is 0 Å². The van der Waals surface area contributed by atoms with Crippen LogP contribution in [0.5, 0.6) is 0 Å². The van der Waals surface area contributed by atoms with E-state index < -0.39 is 0 Å². The molecule has 8 nitrogen and oxygen atoms in total. The van der Waals surface area contributed by atoms with Gasteiger partial charge in [0.1, 0.15) is 11.4 Å². The van der Waals surface area contributed by atoms with Gasteiger partial charge < -0.3 is 9.13 Å². The molecule has 0 spiro atoms. The van der Waals surface area contributed by atoms with Gasteiger partial charge in [0.15, 0.2) is 11.6 Å². The first-order valence-electron chi connectivity index (χ1n) is 40.2. The fraction of sp³-hybridized carbons (Fsp3) is 0.0370. The smallest absolute Gasteiger partial charge is 0.165 e. The molecule has 23 aromatic rings. The fourth-order valence-electron chi connectivity index (χ4n) is 19.8. The van der Waals surface area contributed by atoms with E-state index in [0.29, 0.717) is 5.92 Å². The number of hydrogen-bond donors (Lipinski definition) is 0. The van der Waals surface area contributed by atoms with Crippen LogP contribution in [-0.2, 0) is 6.42 Å². The summed E-state index contributed by atoms with van der Waals surface area (Å²) in [7, 11) is 0. The molecule has 0 aliphatic heterocycles. The molecular weight excluding hydrogens is 1410 g/mol. The van der Waals surface area contributed by atoms with E-state index in [4.69, 9.17) is 19.9 Å². The predicted molar refractivity (Wildman–Crippen MR) is 484 cm³/mol. The molecule has 0 amide bonds. The molecule has 8 heteroatoms. The lowest BCUT2D eigenvalue weighted by Crippen LogP contribution is -2.16. The largest absolute Gasteiger partial charge is 0.309 e. The van der Waals surface area contributed by atoms with Crippen molar-refractivity contribution in [2.75, 3.05) is 0 Å². The molecule has 0 saturated carbocycles. The molecule has 6 aromatic heterocycles. The van der Waals surface area contributed by atoms with Gasteiger partial charge in [0.25, 0.3) is 0 Å². The van der Waals surface area contributed by atoms with E-state index in [0.717, 1.165) is 108 Å². The summed E-state index contributed by atoms with van der Waals surface area (Å²) >= 11 is 0. The van der Waals surface area contributed by atoms with Crippen LogP contribution in [0.1, 0.15) is 40.8 Å². The first kappa shape index (κ1) is 64.5. The molecule has 0 saturated heterocycles. The van der Waals surface area contributed by atoms with Crippen LogP contribution in [0.15, 0.2) is 370 Å². The zero-order valence-electron chi connectivity index (χ0n) is 62.9. The van der Waals surface area contributed by atoms with E-state index in [1.54, 1.807) is 0 Å². The van der Waals surface area contributed by atoms with Crippen LogP contribution in [0.25, 0.3) is 215 Å². The Hall–Kier alpha value is -15.1. The van der Waals surface area contributed by atoms with Crippen molar-refractivity contribution in [3.8, 4) is 56.7 Å². The summed E-state index contributed by atoms with van der Waals surface area (Å²) in [5.41, 5.74) is 24.5. The molecule has 3 aliphatic rings. The van der Waals surface area contributed by atoms with Crippen LogP contribution in [0, 0.1) is 0 Å². The van der Waals surface area contributed by atoms with Gasteiger partial charge in [0.05, 0.1) is 66.6 Å². The third kappa shape index (κ3) is 9.80. The number of aryl methyl sites for hydroxylation is 1. The van der Waals surface area contributed by atoms with Crippen LogP contribution in [0.3, 0.4) is 0 Å². The van der Waals surface area contributed by atoms with Crippen molar-refractivity contribution < 1.29 is 0 Å². The van der Waals surface area contributed by atoms with E-state index in [2.05, 4.69) is 382 Å². The molecular formula is C108H68N8. The van der Waals surface area contributed by atoms with Gasteiger partial charge in [0, 0.05) is 77.4 Å². The molecule has 540 valence electrons. The normalized spacial score (nSPS) is 14.4. The van der Waals surface area contributed by atoms with Crippen LogP contribution < -0.4 is 0 Å². The summed E-state index contributed by atoms with van der Waals surface area (Å²) in [5, 5.41) is 21.8. The first-order valence-corrected chi connectivity index (χ1v) is 40.2. The Labute approximate surface area is 666 Å². The van der Waals surface area contributed by atoms with E-state index in [1.807, 2.05) is 12.1 Å². The summed E-state index contributed by atoms with van der Waals surface area (Å²) < 4.78 is 9.62. The predicted octanol–water partition coefficient (Wildman–Crippen LogP) is 27.5. The Morgan fingerprint density at radius 3 is 1.24 bits per heavy atom. The maximum absolute atomic E-state index is 5.61. The highest BCUT2D eigenvalue weighted by molar-refractivity contribution is 6.19. The zero-order chi connectivity index (χ0) is 75.8. The van der Waals surface area contributed by atoms with Crippen molar-refractivity contribution in [1.29, 1.82) is 0 Å². The SMILES string of the molecule is C1=CC2c3ccccc3-c3ccc(-c4nc5c(nc4-n4c6ccc(-n7c8ccccc8c8cc9ccccc9cc87)cc6c6cc7ccccc7cc64)C=CCC5)cc3C2C=C1.c1ccc2cc3c(cc2c1)c1ccccc1n3-c1ccc2c(c1)c1cc3ccccc3cc1n2-c1nc2ccccc2nc1-c1cccc2ccccc12. The molecule has 3 aliphatic carbocycles. The number of aromatic nitrogens is 8. The molecule has 2 unspecified atom stereocenters. The molecule has 0 N–H and O–H groups in total. The highest BCUT2D eigenvalue weighted by Gasteiger charge is 2.34. The first-order chi connectivity index (χ1) is 57.5. The van der Waals surface area contributed by atoms with Crippen molar-refractivity contribution in [2.45, 2.75) is 24.7 Å². The number of allylic oxidation sites excluding steroid dienone is 5. The lowest BCUT2D eigenvalue weighted by Gasteiger charge is -2.34. The maximum atomic E-state index is 5.61. The summed E-state index contributed by atoms with van der Waals surface area (Å²) in [5.74, 6) is 2.22. The number of nitrogens with zero attached hydrogens (tertiary/aromatic N) is 8. The third-order valence-electron chi connectivity index (χ3n) is 25.1. The number of rotatable bonds is 6. The van der Waals surface area contributed by atoms with Crippen molar-refractivity contribution in [3.63, 3.8) is 0 Å². The van der Waals surface area contributed by atoms with E-state index >= 15 is 0 Å². The van der Waals surface area contributed by atoms with E-state index in [-0.39, 0.29) is 5.92 Å². The van der Waals surface area contributed by atoms with Gasteiger partial charge in [-0.05, 0) is 210 Å². The van der Waals surface area contributed by atoms with Gasteiger partial charge in [-0.15, -0.1) is 0 Å². The quantitative estimate of drug-likeness (QED) is 0.166. The Balaban J connectivity index is 0.000000131. The second kappa shape index (κ2) is 25.2. The lowest BCUT2D eigenvalue weighted by molar-refractivity contribution is 0.720. The van der Waals surface area contributed by atoms with Crippen molar-refractivity contribution in [3.05, 3.63) is 393 Å². The minimum absolute atomic E-state index is 0.249. The van der Waals surface area contributed by atoms with Gasteiger partial charge in [0.2, 0.25) is 0 Å². The molecule has 2 atom stereocenters. The molecule has 0 radical (unpaired) electrons. The van der Waals surface area contributed by atoms with Gasteiger partial charge in [-0.25, -0.2) is 19.9 Å². The molecule has 0 bridgehead atoms. The molecule has 17 aromatic carbocycles. The van der Waals surface area contributed by atoms with Crippen molar-refractivity contribution >= 4 is 158 Å². The highest BCUT2D eigenvalue weighted by Crippen LogP contribution is 2.52. The van der Waals surface area contributed by atoms with E-state index in [1.165, 1.54) is 136 Å². The Bertz CT molecular complexity index is 8320. The summed E-state index contributed by atoms with van der Waals surface area (Å²) in [4.78, 5) is 22.1. The second-order valence-electron chi connectivity index (χ2n) is 31.4. The molecule has 116 heavy (non-hydrogen) atoms. The molecule has 26 rings (SSSR count). The average molecular weight is 1480 g/mol. The number of benzene rings is 17. The van der Waals surface area contributed by atoms with Gasteiger partial charge in [-0.3, -0.25) is 9.13 Å². The molecule has 6 heterocycles. The Morgan fingerprint density at radius 1 is 0.259 bits per heavy atom. The topological polar surface area (TPSA) is 71.3 Å². The van der Waals surface area contributed by atoms with Gasteiger partial charge >= 0.3 is 0 Å². The average Bonchev–Trinajstić information content (AvgIpc) is 1.54. The summed E-state index contributed by atoms with van der Waals surface area (Å²) in [6.07, 6.45) is 15.4. The van der Waals surface area contributed by atoms with Gasteiger partial charge in [-0.1, -0.05) is 255 Å². The van der Waals surface area contributed by atoms with Crippen LogP contribution in [-0.4, -0.2) is 38.2 Å². The highest BCUT2D eigenvalue weighted by atomic mass is 15.1. The van der Waals surface area contributed by atoms with Crippen LogP contribution >= 0.6 is 0 Å². The Morgan fingerprint density at radius 2 is 0.672 bits per heavy atom. The third-order valence-corrected chi connectivity index (χ3v) is 25.1. The molecule has 0 fully saturated rings. The van der Waals surface area contributed by atoms with Gasteiger partial charge in [-0.2, -0.15) is 0 Å². The van der Waals surface area contributed by atoms with Crippen LogP contribution in [0.4, 0.5) is 0 Å². The Kier molecular flexibility index (Phi) is 14.0. The minimum atomic E-state index is 0.249. The summed E-state index contributed by atoms with van der Waals surface area (Å²) in [6.45, 7) is 0. The second-order valence-corrected chi connectivity index (χ2v) is 31.4. The number of fused-ring (bicyclic) bond motifs is 25. The minimum Gasteiger partial charge on any atom is -0.309 e.